The van der Waals surface area contributed by atoms with Gasteiger partial charge in [-0.2, -0.15) is 0 Å². The Balaban J connectivity index is 2.25. The third-order valence-electron chi connectivity index (χ3n) is 3.58. The molecule has 18 heavy (non-hydrogen) atoms. The molecule has 0 amide bonds. The van der Waals surface area contributed by atoms with E-state index in [-0.39, 0.29) is 0 Å². The predicted molar refractivity (Wildman–Crippen MR) is 77.4 cm³/mol. The highest BCUT2D eigenvalue weighted by atomic mass is 14.2. The Labute approximate surface area is 108 Å². The molecule has 0 saturated heterocycles. The quantitative estimate of drug-likeness (QED) is 0.708. The van der Waals surface area contributed by atoms with Crippen LogP contribution in [0.5, 0.6) is 0 Å². The second-order valence-electron chi connectivity index (χ2n) is 4.63. The lowest BCUT2D eigenvalue weighted by Crippen LogP contribution is -2.04. The van der Waals surface area contributed by atoms with Crippen molar-refractivity contribution in [3.05, 3.63) is 89.5 Å². The Bertz CT molecular complexity index is 603. The number of rotatable bonds is 2. The van der Waals surface area contributed by atoms with Crippen LogP contribution in [-0.4, -0.2) is 0 Å². The second kappa shape index (κ2) is 4.66. The smallest absolute Gasteiger partial charge is 0.00767 e. The summed E-state index contributed by atoms with van der Waals surface area (Å²) in [4.78, 5) is 0. The van der Waals surface area contributed by atoms with Crippen molar-refractivity contribution in [1.82, 2.24) is 0 Å². The van der Waals surface area contributed by atoms with Gasteiger partial charge in [-0.1, -0.05) is 67.3 Å². The molecule has 0 fully saturated rings. The summed E-state index contributed by atoms with van der Waals surface area (Å²) in [7, 11) is 0. The standard InChI is InChI=1S/C18H16/c1-2-14-12-13-15-8-6-7-11-17(15)18(14)16-9-4-3-5-10-16/h2-11H,1,12-13H2. The molecular weight excluding hydrogens is 216 g/mol. The molecule has 2 aromatic carbocycles. The maximum Gasteiger partial charge on any atom is -0.00767 e. The van der Waals surface area contributed by atoms with Gasteiger partial charge in [-0.25, -0.2) is 0 Å². The summed E-state index contributed by atoms with van der Waals surface area (Å²) in [5.41, 5.74) is 6.82. The Morgan fingerprint density at radius 2 is 1.56 bits per heavy atom. The van der Waals surface area contributed by atoms with Crippen molar-refractivity contribution in [2.45, 2.75) is 12.8 Å². The second-order valence-corrected chi connectivity index (χ2v) is 4.63. The third kappa shape index (κ3) is 1.80. The lowest BCUT2D eigenvalue weighted by Gasteiger charge is -2.22. The van der Waals surface area contributed by atoms with Crippen molar-refractivity contribution in [2.75, 3.05) is 0 Å². The van der Waals surface area contributed by atoms with Gasteiger partial charge in [0.2, 0.25) is 0 Å². The summed E-state index contributed by atoms with van der Waals surface area (Å²) in [6.45, 7) is 3.98. The summed E-state index contributed by atoms with van der Waals surface area (Å²) < 4.78 is 0. The average molecular weight is 232 g/mol. The normalized spacial score (nSPS) is 14.2. The minimum absolute atomic E-state index is 1.09. The molecule has 0 unspecified atom stereocenters. The Kier molecular flexibility index (Phi) is 2.85. The highest BCUT2D eigenvalue weighted by Gasteiger charge is 2.17. The molecule has 0 nitrogen and oxygen atoms in total. The summed E-state index contributed by atoms with van der Waals surface area (Å²) >= 11 is 0. The zero-order valence-corrected chi connectivity index (χ0v) is 10.4. The average Bonchev–Trinajstić information content (AvgIpc) is 2.47. The summed E-state index contributed by atoms with van der Waals surface area (Å²) in [5.74, 6) is 0. The zero-order chi connectivity index (χ0) is 12.4. The maximum absolute atomic E-state index is 3.98. The van der Waals surface area contributed by atoms with Crippen molar-refractivity contribution in [1.29, 1.82) is 0 Å². The number of hydrogen-bond acceptors (Lipinski definition) is 0. The Morgan fingerprint density at radius 3 is 2.33 bits per heavy atom. The maximum atomic E-state index is 3.98. The molecule has 0 radical (unpaired) electrons. The lowest BCUT2D eigenvalue weighted by atomic mass is 9.82. The van der Waals surface area contributed by atoms with E-state index in [0.717, 1.165) is 12.8 Å². The van der Waals surface area contributed by atoms with Crippen LogP contribution in [0.3, 0.4) is 0 Å². The van der Waals surface area contributed by atoms with Crippen molar-refractivity contribution in [3.63, 3.8) is 0 Å². The summed E-state index contributed by atoms with van der Waals surface area (Å²) in [5, 5.41) is 0. The number of benzene rings is 2. The van der Waals surface area contributed by atoms with Crippen LogP contribution in [-0.2, 0) is 6.42 Å². The van der Waals surface area contributed by atoms with Crippen LogP contribution in [0.15, 0.2) is 72.8 Å². The van der Waals surface area contributed by atoms with Crippen LogP contribution in [0.2, 0.25) is 0 Å². The first-order chi connectivity index (χ1) is 8.90. The number of hydrogen-bond donors (Lipinski definition) is 0. The predicted octanol–water partition coefficient (Wildman–Crippen LogP) is 4.62. The first-order valence-electron chi connectivity index (χ1n) is 6.39. The number of aryl methyl sites for hydroxylation is 1. The molecule has 0 aliphatic heterocycles. The minimum Gasteiger partial charge on any atom is -0.0988 e. The van der Waals surface area contributed by atoms with Crippen LogP contribution < -0.4 is 0 Å². The van der Waals surface area contributed by atoms with E-state index in [2.05, 4.69) is 61.2 Å². The fraction of sp³-hybridized carbons (Fsp3) is 0.111. The molecule has 0 atom stereocenters. The van der Waals surface area contributed by atoms with E-state index in [4.69, 9.17) is 0 Å². The van der Waals surface area contributed by atoms with Gasteiger partial charge in [0, 0.05) is 0 Å². The van der Waals surface area contributed by atoms with Gasteiger partial charge in [0.15, 0.2) is 0 Å². The summed E-state index contributed by atoms with van der Waals surface area (Å²) in [6, 6.07) is 19.3. The SMILES string of the molecule is C=CC1=C(c2ccccc2)c2ccccc2CC1. The zero-order valence-electron chi connectivity index (χ0n) is 10.4. The monoisotopic (exact) mass is 232 g/mol. The minimum atomic E-state index is 1.09. The highest BCUT2D eigenvalue weighted by molar-refractivity contribution is 5.86. The Morgan fingerprint density at radius 1 is 0.833 bits per heavy atom. The van der Waals surface area contributed by atoms with Crippen molar-refractivity contribution in [2.24, 2.45) is 0 Å². The lowest BCUT2D eigenvalue weighted by molar-refractivity contribution is 0.942. The molecule has 1 aliphatic rings. The van der Waals surface area contributed by atoms with Gasteiger partial charge in [0.05, 0.1) is 0 Å². The molecule has 0 heteroatoms. The fourth-order valence-corrected chi connectivity index (χ4v) is 2.70. The Hall–Kier alpha value is -2.08. The molecule has 0 heterocycles. The van der Waals surface area contributed by atoms with Crippen molar-refractivity contribution < 1.29 is 0 Å². The molecule has 88 valence electrons. The van der Waals surface area contributed by atoms with E-state index in [1.54, 1.807) is 0 Å². The van der Waals surface area contributed by atoms with Crippen LogP contribution in [0, 0.1) is 0 Å². The molecule has 0 N–H and O–H groups in total. The number of allylic oxidation sites excluding steroid dienone is 2. The molecule has 2 aromatic rings. The molecule has 0 saturated carbocycles. The van der Waals surface area contributed by atoms with Crippen LogP contribution in [0.25, 0.3) is 5.57 Å². The van der Waals surface area contributed by atoms with Crippen LogP contribution in [0.1, 0.15) is 23.1 Å². The van der Waals surface area contributed by atoms with E-state index >= 15 is 0 Å². The third-order valence-corrected chi connectivity index (χ3v) is 3.58. The molecule has 0 bridgehead atoms. The van der Waals surface area contributed by atoms with Crippen LogP contribution in [0.4, 0.5) is 0 Å². The fourth-order valence-electron chi connectivity index (χ4n) is 2.70. The van der Waals surface area contributed by atoms with Gasteiger partial charge >= 0.3 is 0 Å². The molecule has 0 spiro atoms. The molecule has 0 aromatic heterocycles. The van der Waals surface area contributed by atoms with Gasteiger partial charge in [-0.05, 0) is 40.7 Å². The summed E-state index contributed by atoms with van der Waals surface area (Å²) in [6.07, 6.45) is 4.22. The van der Waals surface area contributed by atoms with E-state index in [9.17, 15) is 0 Å². The molecule has 1 aliphatic carbocycles. The number of fused-ring (bicyclic) bond motifs is 1. The van der Waals surface area contributed by atoms with Gasteiger partial charge in [-0.15, -0.1) is 0 Å². The van der Waals surface area contributed by atoms with E-state index in [1.807, 2.05) is 6.08 Å². The van der Waals surface area contributed by atoms with Gasteiger partial charge in [0.25, 0.3) is 0 Å². The highest BCUT2D eigenvalue weighted by Crippen LogP contribution is 2.36. The topological polar surface area (TPSA) is 0 Å². The van der Waals surface area contributed by atoms with Gasteiger partial charge < -0.3 is 0 Å². The van der Waals surface area contributed by atoms with E-state index in [0.29, 0.717) is 0 Å². The first-order valence-corrected chi connectivity index (χ1v) is 6.39. The van der Waals surface area contributed by atoms with Crippen LogP contribution >= 0.6 is 0 Å². The van der Waals surface area contributed by atoms with Gasteiger partial charge in [0.1, 0.15) is 0 Å². The molecule has 3 rings (SSSR count). The molecular formula is C18H16. The van der Waals surface area contributed by atoms with E-state index < -0.39 is 0 Å². The van der Waals surface area contributed by atoms with Crippen molar-refractivity contribution in [3.8, 4) is 0 Å². The first kappa shape index (κ1) is 11.0. The van der Waals surface area contributed by atoms with Crippen molar-refractivity contribution >= 4 is 5.57 Å². The van der Waals surface area contributed by atoms with Gasteiger partial charge in [-0.3, -0.25) is 0 Å². The largest absolute Gasteiger partial charge is 0.0988 e. The van der Waals surface area contributed by atoms with E-state index in [1.165, 1.54) is 27.8 Å².